The maximum Gasteiger partial charge on any atom is 0.255 e. The standard InChI is InChI=1S/C15H21ClN2O2/c1-18-7-3-4-11(10-18)9-17-15(19)13-6-5-12(16)8-14(13)20-2/h5-6,8,11H,3-4,7,9-10H2,1-2H3,(H,17,19)/t11-/m1/s1. The summed E-state index contributed by atoms with van der Waals surface area (Å²) in [5, 5.41) is 3.56. The summed E-state index contributed by atoms with van der Waals surface area (Å²) in [6, 6.07) is 5.06. The number of halogens is 1. The lowest BCUT2D eigenvalue weighted by atomic mass is 9.98. The van der Waals surface area contributed by atoms with Crippen molar-refractivity contribution in [3.8, 4) is 5.75 Å². The molecule has 1 saturated heterocycles. The van der Waals surface area contributed by atoms with Gasteiger partial charge in [-0.25, -0.2) is 0 Å². The van der Waals surface area contributed by atoms with Crippen molar-refractivity contribution in [1.29, 1.82) is 0 Å². The van der Waals surface area contributed by atoms with E-state index in [-0.39, 0.29) is 5.91 Å². The molecule has 1 aliphatic heterocycles. The Hall–Kier alpha value is -1.26. The van der Waals surface area contributed by atoms with Gasteiger partial charge in [0, 0.05) is 18.1 Å². The molecule has 1 amide bonds. The summed E-state index contributed by atoms with van der Waals surface area (Å²) in [6.07, 6.45) is 2.36. The molecule has 0 unspecified atom stereocenters. The fraction of sp³-hybridized carbons (Fsp3) is 0.533. The van der Waals surface area contributed by atoms with Crippen LogP contribution in [-0.4, -0.2) is 44.6 Å². The van der Waals surface area contributed by atoms with Crippen molar-refractivity contribution in [2.75, 3.05) is 33.8 Å². The second kappa shape index (κ2) is 6.95. The zero-order valence-electron chi connectivity index (χ0n) is 12.0. The smallest absolute Gasteiger partial charge is 0.255 e. The topological polar surface area (TPSA) is 41.6 Å². The van der Waals surface area contributed by atoms with Gasteiger partial charge in [-0.15, -0.1) is 0 Å². The summed E-state index contributed by atoms with van der Waals surface area (Å²) in [6.45, 7) is 2.89. The lowest BCUT2D eigenvalue weighted by Gasteiger charge is -2.29. The van der Waals surface area contributed by atoms with Gasteiger partial charge >= 0.3 is 0 Å². The number of nitrogens with one attached hydrogen (secondary N) is 1. The van der Waals surface area contributed by atoms with E-state index in [2.05, 4.69) is 17.3 Å². The average molecular weight is 297 g/mol. The predicted octanol–water partition coefficient (Wildman–Crippen LogP) is 2.42. The van der Waals surface area contributed by atoms with Gasteiger partial charge in [0.1, 0.15) is 5.75 Å². The molecule has 0 spiro atoms. The fourth-order valence-corrected chi connectivity index (χ4v) is 2.79. The van der Waals surface area contributed by atoms with E-state index >= 15 is 0 Å². The van der Waals surface area contributed by atoms with Crippen LogP contribution in [0.3, 0.4) is 0 Å². The second-order valence-corrected chi connectivity index (χ2v) is 5.76. The molecule has 0 aliphatic carbocycles. The minimum absolute atomic E-state index is 0.105. The molecule has 1 fully saturated rings. The monoisotopic (exact) mass is 296 g/mol. The van der Waals surface area contributed by atoms with Crippen LogP contribution < -0.4 is 10.1 Å². The van der Waals surface area contributed by atoms with E-state index in [1.807, 2.05) is 0 Å². The molecule has 0 bridgehead atoms. The van der Waals surface area contributed by atoms with Crippen molar-refractivity contribution < 1.29 is 9.53 Å². The molecule has 1 aromatic carbocycles. The van der Waals surface area contributed by atoms with E-state index in [4.69, 9.17) is 16.3 Å². The Bertz CT molecular complexity index is 479. The Morgan fingerprint density at radius 2 is 2.35 bits per heavy atom. The number of carbonyl (C=O) groups excluding carboxylic acids is 1. The number of rotatable bonds is 4. The Morgan fingerprint density at radius 3 is 3.05 bits per heavy atom. The number of piperidine rings is 1. The van der Waals surface area contributed by atoms with Gasteiger partial charge in [-0.2, -0.15) is 0 Å². The van der Waals surface area contributed by atoms with Crippen molar-refractivity contribution in [2.24, 2.45) is 5.92 Å². The molecule has 0 saturated carbocycles. The molecule has 1 atom stereocenters. The molecular formula is C15H21ClN2O2. The number of nitrogens with zero attached hydrogens (tertiary/aromatic N) is 1. The number of hydrogen-bond donors (Lipinski definition) is 1. The summed E-state index contributed by atoms with van der Waals surface area (Å²) in [5.41, 5.74) is 0.529. The van der Waals surface area contributed by atoms with Gasteiger partial charge in [-0.05, 0) is 50.6 Å². The van der Waals surface area contributed by atoms with Crippen LogP contribution in [0, 0.1) is 5.92 Å². The number of ether oxygens (including phenoxy) is 1. The Morgan fingerprint density at radius 1 is 1.55 bits per heavy atom. The first-order valence-electron chi connectivity index (χ1n) is 6.90. The first-order valence-corrected chi connectivity index (χ1v) is 7.28. The first kappa shape index (κ1) is 15.1. The van der Waals surface area contributed by atoms with Crippen LogP contribution in [-0.2, 0) is 0 Å². The van der Waals surface area contributed by atoms with Crippen molar-refractivity contribution in [3.63, 3.8) is 0 Å². The highest BCUT2D eigenvalue weighted by atomic mass is 35.5. The van der Waals surface area contributed by atoms with Crippen molar-refractivity contribution >= 4 is 17.5 Å². The van der Waals surface area contributed by atoms with Gasteiger partial charge in [-0.3, -0.25) is 4.79 Å². The SMILES string of the molecule is COc1cc(Cl)ccc1C(=O)NC[C@H]1CCCN(C)C1. The van der Waals surface area contributed by atoms with Gasteiger partial charge in [0.25, 0.3) is 5.91 Å². The van der Waals surface area contributed by atoms with Crippen LogP contribution in [0.15, 0.2) is 18.2 Å². The number of likely N-dealkylation sites (tertiary alicyclic amines) is 1. The van der Waals surface area contributed by atoms with E-state index in [1.165, 1.54) is 12.8 Å². The minimum Gasteiger partial charge on any atom is -0.496 e. The third kappa shape index (κ3) is 3.87. The molecule has 1 N–H and O–H groups in total. The van der Waals surface area contributed by atoms with Gasteiger partial charge in [0.05, 0.1) is 12.7 Å². The predicted molar refractivity (Wildman–Crippen MR) is 80.6 cm³/mol. The quantitative estimate of drug-likeness (QED) is 0.928. The highest BCUT2D eigenvalue weighted by Gasteiger charge is 2.19. The highest BCUT2D eigenvalue weighted by molar-refractivity contribution is 6.30. The minimum atomic E-state index is -0.105. The molecule has 1 heterocycles. The van der Waals surface area contributed by atoms with Crippen molar-refractivity contribution in [3.05, 3.63) is 28.8 Å². The Labute approximate surface area is 125 Å². The number of amides is 1. The Kier molecular flexibility index (Phi) is 5.26. The third-order valence-corrected chi connectivity index (χ3v) is 3.92. The van der Waals surface area contributed by atoms with Crippen LogP contribution >= 0.6 is 11.6 Å². The van der Waals surface area contributed by atoms with Gasteiger partial charge in [0.15, 0.2) is 0 Å². The molecule has 20 heavy (non-hydrogen) atoms. The largest absolute Gasteiger partial charge is 0.496 e. The van der Waals surface area contributed by atoms with Crippen LogP contribution in [0.1, 0.15) is 23.2 Å². The third-order valence-electron chi connectivity index (χ3n) is 3.68. The van der Waals surface area contributed by atoms with Gasteiger partial charge < -0.3 is 15.0 Å². The normalized spacial score (nSPS) is 19.6. The van der Waals surface area contributed by atoms with Crippen LogP contribution in [0.4, 0.5) is 0 Å². The fourth-order valence-electron chi connectivity index (χ4n) is 2.62. The summed E-state index contributed by atoms with van der Waals surface area (Å²) in [7, 11) is 3.66. The summed E-state index contributed by atoms with van der Waals surface area (Å²) in [5.74, 6) is 0.929. The lowest BCUT2D eigenvalue weighted by molar-refractivity contribution is 0.0934. The van der Waals surface area contributed by atoms with Crippen molar-refractivity contribution in [2.45, 2.75) is 12.8 Å². The summed E-state index contributed by atoms with van der Waals surface area (Å²) >= 11 is 5.90. The molecule has 0 aromatic heterocycles. The molecule has 110 valence electrons. The second-order valence-electron chi connectivity index (χ2n) is 5.33. The maximum atomic E-state index is 12.2. The zero-order chi connectivity index (χ0) is 14.5. The molecule has 0 radical (unpaired) electrons. The lowest BCUT2D eigenvalue weighted by Crippen LogP contribution is -2.39. The summed E-state index contributed by atoms with van der Waals surface area (Å²) < 4.78 is 5.20. The average Bonchev–Trinajstić information content (AvgIpc) is 2.44. The molecule has 1 aliphatic rings. The number of benzene rings is 1. The number of hydrogen-bond acceptors (Lipinski definition) is 3. The van der Waals surface area contributed by atoms with Crippen LogP contribution in [0.5, 0.6) is 5.75 Å². The van der Waals surface area contributed by atoms with E-state index in [1.54, 1.807) is 25.3 Å². The summed E-state index contributed by atoms with van der Waals surface area (Å²) in [4.78, 5) is 14.5. The van der Waals surface area contributed by atoms with Gasteiger partial charge in [0.2, 0.25) is 0 Å². The molecular weight excluding hydrogens is 276 g/mol. The number of methoxy groups -OCH3 is 1. The van der Waals surface area contributed by atoms with Gasteiger partial charge in [-0.1, -0.05) is 11.6 Å². The van der Waals surface area contributed by atoms with Crippen LogP contribution in [0.2, 0.25) is 5.02 Å². The van der Waals surface area contributed by atoms with E-state index in [0.717, 1.165) is 13.1 Å². The first-order chi connectivity index (χ1) is 9.60. The highest BCUT2D eigenvalue weighted by Crippen LogP contribution is 2.23. The van der Waals surface area contributed by atoms with Crippen LogP contribution in [0.25, 0.3) is 0 Å². The van der Waals surface area contributed by atoms with Crippen molar-refractivity contribution in [1.82, 2.24) is 10.2 Å². The molecule has 4 nitrogen and oxygen atoms in total. The maximum absolute atomic E-state index is 12.2. The molecule has 5 heteroatoms. The molecule has 2 rings (SSSR count). The van der Waals surface area contributed by atoms with E-state index in [0.29, 0.717) is 28.8 Å². The zero-order valence-corrected chi connectivity index (χ0v) is 12.7. The number of carbonyl (C=O) groups is 1. The molecule has 1 aromatic rings. The van der Waals surface area contributed by atoms with E-state index < -0.39 is 0 Å². The Balaban J connectivity index is 1.94. The van der Waals surface area contributed by atoms with E-state index in [9.17, 15) is 4.79 Å².